The molecule has 0 fully saturated rings. The van der Waals surface area contributed by atoms with E-state index < -0.39 is 24.3 Å². The topological polar surface area (TPSA) is 55.4 Å². The first-order chi connectivity index (χ1) is 12.9. The van der Waals surface area contributed by atoms with E-state index in [-0.39, 0.29) is 17.0 Å². The molecular formula is C20H14F3NO3. The molecule has 0 saturated carbocycles. The SMILES string of the molecule is O=Cc1c(OCC(=O)Nc2ccccc2C(F)(F)F)ccc2ccccc12. The zero-order chi connectivity index (χ0) is 19.4. The van der Waals surface area contributed by atoms with Crippen molar-refractivity contribution in [1.29, 1.82) is 0 Å². The second-order valence-corrected chi connectivity index (χ2v) is 5.70. The molecule has 0 bridgehead atoms. The van der Waals surface area contributed by atoms with Crippen LogP contribution in [0.15, 0.2) is 60.7 Å². The van der Waals surface area contributed by atoms with Gasteiger partial charge in [-0.05, 0) is 29.0 Å². The molecule has 3 aromatic carbocycles. The molecule has 0 heterocycles. The van der Waals surface area contributed by atoms with E-state index in [2.05, 4.69) is 5.32 Å². The molecule has 0 radical (unpaired) electrons. The van der Waals surface area contributed by atoms with Crippen LogP contribution in [0.4, 0.5) is 18.9 Å². The number of hydrogen-bond acceptors (Lipinski definition) is 3. The van der Waals surface area contributed by atoms with Crippen LogP contribution in [-0.2, 0) is 11.0 Å². The molecule has 3 rings (SSSR count). The molecule has 0 saturated heterocycles. The van der Waals surface area contributed by atoms with Crippen LogP contribution in [0.2, 0.25) is 0 Å². The Morgan fingerprint density at radius 2 is 1.70 bits per heavy atom. The predicted octanol–water partition coefficient (Wildman–Crippen LogP) is 4.69. The highest BCUT2D eigenvalue weighted by atomic mass is 19.4. The molecule has 138 valence electrons. The largest absolute Gasteiger partial charge is 0.483 e. The highest BCUT2D eigenvalue weighted by molar-refractivity contribution is 6.01. The summed E-state index contributed by atoms with van der Waals surface area (Å²) in [4.78, 5) is 23.5. The number of benzene rings is 3. The van der Waals surface area contributed by atoms with Gasteiger partial charge in [-0.2, -0.15) is 13.2 Å². The fraction of sp³-hybridized carbons (Fsp3) is 0.100. The fourth-order valence-corrected chi connectivity index (χ4v) is 2.69. The maximum Gasteiger partial charge on any atom is 0.418 e. The van der Waals surface area contributed by atoms with Gasteiger partial charge in [-0.1, -0.05) is 42.5 Å². The minimum atomic E-state index is -4.59. The monoisotopic (exact) mass is 373 g/mol. The summed E-state index contributed by atoms with van der Waals surface area (Å²) in [6.45, 7) is -0.536. The number of hydrogen-bond donors (Lipinski definition) is 1. The van der Waals surface area contributed by atoms with E-state index in [0.717, 1.165) is 17.5 Å². The van der Waals surface area contributed by atoms with Crippen LogP contribution in [-0.4, -0.2) is 18.8 Å². The Bertz CT molecular complexity index is 999. The molecule has 0 aliphatic rings. The lowest BCUT2D eigenvalue weighted by atomic mass is 10.0. The van der Waals surface area contributed by atoms with Gasteiger partial charge in [0.05, 0.1) is 16.8 Å². The van der Waals surface area contributed by atoms with E-state index in [1.807, 2.05) is 12.1 Å². The Balaban J connectivity index is 1.76. The highest BCUT2D eigenvalue weighted by Crippen LogP contribution is 2.34. The second-order valence-electron chi connectivity index (χ2n) is 5.70. The van der Waals surface area contributed by atoms with E-state index in [0.29, 0.717) is 11.7 Å². The van der Waals surface area contributed by atoms with E-state index >= 15 is 0 Å². The summed E-state index contributed by atoms with van der Waals surface area (Å²) in [6, 6.07) is 15.1. The number of halogens is 3. The molecule has 0 unspecified atom stereocenters. The minimum absolute atomic E-state index is 0.183. The maximum absolute atomic E-state index is 13.0. The van der Waals surface area contributed by atoms with Gasteiger partial charge in [-0.15, -0.1) is 0 Å². The average molecular weight is 373 g/mol. The van der Waals surface area contributed by atoms with Crippen LogP contribution in [0.5, 0.6) is 5.75 Å². The predicted molar refractivity (Wildman–Crippen MR) is 94.9 cm³/mol. The van der Waals surface area contributed by atoms with Crippen molar-refractivity contribution in [3.05, 3.63) is 71.8 Å². The maximum atomic E-state index is 13.0. The van der Waals surface area contributed by atoms with Gasteiger partial charge in [0.25, 0.3) is 5.91 Å². The lowest BCUT2D eigenvalue weighted by Gasteiger charge is -2.14. The van der Waals surface area contributed by atoms with E-state index in [4.69, 9.17) is 4.74 Å². The number of carbonyl (C=O) groups excluding carboxylic acids is 2. The van der Waals surface area contributed by atoms with Gasteiger partial charge in [0.1, 0.15) is 5.75 Å². The summed E-state index contributed by atoms with van der Waals surface area (Å²) < 4.78 is 44.3. The minimum Gasteiger partial charge on any atom is -0.483 e. The number of alkyl halides is 3. The summed E-state index contributed by atoms with van der Waals surface area (Å²) in [6.07, 6.45) is -3.97. The molecule has 0 atom stereocenters. The van der Waals surface area contributed by atoms with Gasteiger partial charge in [0, 0.05) is 0 Å². The quantitative estimate of drug-likeness (QED) is 0.660. The first-order valence-corrected chi connectivity index (χ1v) is 7.96. The summed E-state index contributed by atoms with van der Waals surface area (Å²) in [5.74, 6) is -0.584. The van der Waals surface area contributed by atoms with Gasteiger partial charge in [-0.3, -0.25) is 9.59 Å². The van der Waals surface area contributed by atoms with Crippen molar-refractivity contribution in [2.45, 2.75) is 6.18 Å². The molecule has 0 spiro atoms. The molecule has 1 N–H and O–H groups in total. The Morgan fingerprint density at radius 1 is 1.00 bits per heavy atom. The normalized spacial score (nSPS) is 11.2. The third-order valence-corrected chi connectivity index (χ3v) is 3.91. The molecule has 0 aromatic heterocycles. The standard InChI is InChI=1S/C20H14F3NO3/c21-20(22,23)16-7-3-4-8-17(16)24-19(26)12-27-18-10-9-13-5-1-2-6-14(13)15(18)11-25/h1-11H,12H2,(H,24,26). The summed E-state index contributed by atoms with van der Waals surface area (Å²) in [7, 11) is 0. The van der Waals surface area contributed by atoms with Crippen LogP contribution < -0.4 is 10.1 Å². The van der Waals surface area contributed by atoms with Crippen molar-refractivity contribution in [3.8, 4) is 5.75 Å². The van der Waals surface area contributed by atoms with Gasteiger partial charge in [0.15, 0.2) is 12.9 Å². The number of nitrogens with one attached hydrogen (secondary N) is 1. The van der Waals surface area contributed by atoms with Crippen molar-refractivity contribution in [3.63, 3.8) is 0 Å². The zero-order valence-electron chi connectivity index (χ0n) is 13.9. The number of fused-ring (bicyclic) bond motifs is 1. The van der Waals surface area contributed by atoms with Gasteiger partial charge in [0.2, 0.25) is 0 Å². The Morgan fingerprint density at radius 3 is 2.44 bits per heavy atom. The van der Waals surface area contributed by atoms with Crippen LogP contribution in [0, 0.1) is 0 Å². The van der Waals surface area contributed by atoms with Gasteiger partial charge >= 0.3 is 6.18 Å². The summed E-state index contributed by atoms with van der Waals surface area (Å²) in [5.41, 5.74) is -1.03. The third kappa shape index (κ3) is 4.08. The van der Waals surface area contributed by atoms with E-state index in [1.54, 1.807) is 24.3 Å². The lowest BCUT2D eigenvalue weighted by Crippen LogP contribution is -2.22. The number of anilines is 1. The molecule has 7 heteroatoms. The van der Waals surface area contributed by atoms with Gasteiger partial charge < -0.3 is 10.1 Å². The summed E-state index contributed by atoms with van der Waals surface area (Å²) >= 11 is 0. The lowest BCUT2D eigenvalue weighted by molar-refractivity contribution is -0.137. The number of ether oxygens (including phenoxy) is 1. The number of amides is 1. The van der Waals surface area contributed by atoms with Crippen molar-refractivity contribution in [2.24, 2.45) is 0 Å². The molecule has 4 nitrogen and oxygen atoms in total. The third-order valence-electron chi connectivity index (χ3n) is 3.91. The summed E-state index contributed by atoms with van der Waals surface area (Å²) in [5, 5.41) is 3.68. The number of carbonyl (C=O) groups is 2. The Hall–Kier alpha value is -3.35. The first-order valence-electron chi connectivity index (χ1n) is 7.96. The van der Waals surface area contributed by atoms with Crippen molar-refractivity contribution < 1.29 is 27.5 Å². The van der Waals surface area contributed by atoms with Crippen molar-refractivity contribution in [1.82, 2.24) is 0 Å². The molecule has 0 aliphatic heterocycles. The van der Waals surface area contributed by atoms with Crippen LogP contribution in [0.3, 0.4) is 0 Å². The van der Waals surface area contributed by atoms with Crippen LogP contribution in [0.25, 0.3) is 10.8 Å². The highest BCUT2D eigenvalue weighted by Gasteiger charge is 2.33. The molecule has 0 aliphatic carbocycles. The molecule has 3 aromatic rings. The van der Waals surface area contributed by atoms with Gasteiger partial charge in [-0.25, -0.2) is 0 Å². The molecule has 1 amide bonds. The Kier molecular flexibility index (Phi) is 5.12. The van der Waals surface area contributed by atoms with Crippen LogP contribution in [0.1, 0.15) is 15.9 Å². The number of rotatable bonds is 5. The van der Waals surface area contributed by atoms with Crippen molar-refractivity contribution in [2.75, 3.05) is 11.9 Å². The zero-order valence-corrected chi connectivity index (χ0v) is 13.9. The Labute approximate surface area is 152 Å². The smallest absolute Gasteiger partial charge is 0.418 e. The van der Waals surface area contributed by atoms with Crippen molar-refractivity contribution >= 4 is 28.7 Å². The van der Waals surface area contributed by atoms with Crippen LogP contribution >= 0.6 is 0 Å². The average Bonchev–Trinajstić information content (AvgIpc) is 2.65. The first kappa shape index (κ1) is 18.4. The number of aldehydes is 1. The van der Waals surface area contributed by atoms with E-state index in [1.165, 1.54) is 12.1 Å². The molecular weight excluding hydrogens is 359 g/mol. The fourth-order valence-electron chi connectivity index (χ4n) is 2.69. The molecule has 27 heavy (non-hydrogen) atoms. The second kappa shape index (κ2) is 7.49. The number of para-hydroxylation sites is 1. The van der Waals surface area contributed by atoms with E-state index in [9.17, 15) is 22.8 Å².